The Hall–Kier alpha value is -3.68. The van der Waals surface area contributed by atoms with Gasteiger partial charge in [-0.25, -0.2) is 18.4 Å². The molecule has 1 amide bonds. The van der Waals surface area contributed by atoms with Crippen LogP contribution in [0.25, 0.3) is 6.08 Å². The highest BCUT2D eigenvalue weighted by molar-refractivity contribution is 7.89. The maximum absolute atomic E-state index is 12.2. The highest BCUT2D eigenvalue weighted by atomic mass is 32.2. The van der Waals surface area contributed by atoms with Crippen LogP contribution in [0, 0.1) is 11.3 Å². The number of amides is 1. The molecule has 0 radical (unpaired) electrons. The summed E-state index contributed by atoms with van der Waals surface area (Å²) >= 11 is 0. The predicted octanol–water partition coefficient (Wildman–Crippen LogP) is 1.34. The minimum atomic E-state index is -3.84. The van der Waals surface area contributed by atoms with Crippen molar-refractivity contribution in [3.8, 4) is 11.8 Å². The zero-order valence-electron chi connectivity index (χ0n) is 14.3. The number of nitrogens with one attached hydrogen (secondary N) is 1. The molecule has 0 saturated heterocycles. The Balaban J connectivity index is 2.10. The average molecular weight is 401 g/mol. The minimum Gasteiger partial charge on any atom is -0.482 e. The second kappa shape index (κ2) is 8.81. The molecule has 0 aliphatic carbocycles. The molecule has 0 aliphatic rings. The lowest BCUT2D eigenvalue weighted by atomic mass is 10.1. The van der Waals surface area contributed by atoms with E-state index >= 15 is 0 Å². The first-order valence-corrected chi connectivity index (χ1v) is 9.24. The molecular weight excluding hydrogens is 386 g/mol. The number of anilines is 1. The van der Waals surface area contributed by atoms with Crippen LogP contribution in [0.1, 0.15) is 5.56 Å². The molecule has 0 heterocycles. The van der Waals surface area contributed by atoms with E-state index < -0.39 is 28.5 Å². The summed E-state index contributed by atoms with van der Waals surface area (Å²) in [6, 6.07) is 13.1. The van der Waals surface area contributed by atoms with Crippen molar-refractivity contribution in [2.75, 3.05) is 11.9 Å². The number of carboxylic acids is 1. The van der Waals surface area contributed by atoms with Crippen LogP contribution in [0.2, 0.25) is 0 Å². The number of rotatable bonds is 7. The maximum atomic E-state index is 12.2. The summed E-state index contributed by atoms with van der Waals surface area (Å²) in [6.45, 7) is -0.481. The normalized spacial score (nSPS) is 11.4. The molecule has 4 N–H and O–H groups in total. The van der Waals surface area contributed by atoms with E-state index in [1.807, 2.05) is 0 Å². The van der Waals surface area contributed by atoms with Crippen molar-refractivity contribution in [2.24, 2.45) is 5.14 Å². The molecule has 10 heteroatoms. The number of nitrogens with zero attached hydrogens (tertiary/aromatic N) is 1. The van der Waals surface area contributed by atoms with Crippen molar-refractivity contribution in [1.29, 1.82) is 5.26 Å². The van der Waals surface area contributed by atoms with Crippen molar-refractivity contribution in [1.82, 2.24) is 0 Å². The third-order valence-corrected chi connectivity index (χ3v) is 4.29. The summed E-state index contributed by atoms with van der Waals surface area (Å²) in [6.07, 6.45) is 1.34. The molecule has 2 aromatic carbocycles. The van der Waals surface area contributed by atoms with Gasteiger partial charge in [-0.3, -0.25) is 4.79 Å². The number of ether oxygens (including phenoxy) is 1. The summed E-state index contributed by atoms with van der Waals surface area (Å²) in [7, 11) is -3.84. The van der Waals surface area contributed by atoms with Gasteiger partial charge in [0.15, 0.2) is 6.61 Å². The topological polar surface area (TPSA) is 160 Å². The van der Waals surface area contributed by atoms with Gasteiger partial charge in [-0.15, -0.1) is 0 Å². The molecule has 0 saturated carbocycles. The molecule has 0 aliphatic heterocycles. The number of nitriles is 1. The number of carboxylic acid groups (broad SMARTS) is 1. The molecule has 9 nitrogen and oxygen atoms in total. The Bertz CT molecular complexity index is 1050. The highest BCUT2D eigenvalue weighted by Gasteiger charge is 2.11. The van der Waals surface area contributed by atoms with Crippen molar-refractivity contribution in [2.45, 2.75) is 4.90 Å². The van der Waals surface area contributed by atoms with Crippen LogP contribution < -0.4 is 15.2 Å². The van der Waals surface area contributed by atoms with E-state index in [1.165, 1.54) is 42.5 Å². The molecule has 2 rings (SSSR count). The lowest BCUT2D eigenvalue weighted by Gasteiger charge is -2.06. The van der Waals surface area contributed by atoms with E-state index in [1.54, 1.807) is 18.2 Å². The van der Waals surface area contributed by atoms with Crippen LogP contribution in [0.15, 0.2) is 59.0 Å². The summed E-state index contributed by atoms with van der Waals surface area (Å²) in [5.41, 5.74) is 0.629. The molecule has 2 aromatic rings. The summed E-state index contributed by atoms with van der Waals surface area (Å²) in [5.74, 6) is -1.46. The Morgan fingerprint density at radius 2 is 1.75 bits per heavy atom. The first-order chi connectivity index (χ1) is 13.2. The molecule has 0 aromatic heterocycles. The fourth-order valence-electron chi connectivity index (χ4n) is 2.05. The van der Waals surface area contributed by atoms with Crippen LogP contribution in [0.4, 0.5) is 5.69 Å². The molecular formula is C18H15N3O6S. The maximum Gasteiger partial charge on any atom is 0.341 e. The van der Waals surface area contributed by atoms with Gasteiger partial charge in [0, 0.05) is 5.69 Å². The van der Waals surface area contributed by atoms with E-state index in [9.17, 15) is 23.3 Å². The first kappa shape index (κ1) is 20.6. The van der Waals surface area contributed by atoms with Crippen molar-refractivity contribution in [3.63, 3.8) is 0 Å². The Morgan fingerprint density at radius 3 is 2.25 bits per heavy atom. The highest BCUT2D eigenvalue weighted by Crippen LogP contribution is 2.17. The van der Waals surface area contributed by atoms with E-state index in [0.29, 0.717) is 11.3 Å². The van der Waals surface area contributed by atoms with E-state index in [2.05, 4.69) is 5.32 Å². The molecule has 0 spiro atoms. The number of benzene rings is 2. The van der Waals surface area contributed by atoms with E-state index in [-0.39, 0.29) is 16.2 Å². The number of sulfonamides is 1. The van der Waals surface area contributed by atoms with E-state index in [4.69, 9.17) is 15.0 Å². The van der Waals surface area contributed by atoms with E-state index in [0.717, 1.165) is 0 Å². The van der Waals surface area contributed by atoms with Crippen LogP contribution in [-0.4, -0.2) is 32.0 Å². The quantitative estimate of drug-likeness (QED) is 0.466. The largest absolute Gasteiger partial charge is 0.482 e. The fourth-order valence-corrected chi connectivity index (χ4v) is 2.56. The first-order valence-electron chi connectivity index (χ1n) is 7.70. The number of hydrogen-bond acceptors (Lipinski definition) is 6. The second-order valence-corrected chi connectivity index (χ2v) is 7.01. The molecule has 0 fully saturated rings. The minimum absolute atomic E-state index is 0.105. The van der Waals surface area contributed by atoms with Gasteiger partial charge in [-0.2, -0.15) is 5.26 Å². The van der Waals surface area contributed by atoms with Crippen LogP contribution >= 0.6 is 0 Å². The van der Waals surface area contributed by atoms with Gasteiger partial charge in [0.05, 0.1) is 4.90 Å². The van der Waals surface area contributed by atoms with Gasteiger partial charge >= 0.3 is 5.97 Å². The van der Waals surface area contributed by atoms with Crippen molar-refractivity contribution >= 4 is 33.7 Å². The molecule has 28 heavy (non-hydrogen) atoms. The van der Waals surface area contributed by atoms with Crippen molar-refractivity contribution < 1.29 is 27.9 Å². The van der Waals surface area contributed by atoms with Crippen LogP contribution in [0.5, 0.6) is 5.75 Å². The number of nitrogens with two attached hydrogens (primary N) is 1. The average Bonchev–Trinajstić information content (AvgIpc) is 2.65. The van der Waals surface area contributed by atoms with Gasteiger partial charge in [0.1, 0.15) is 17.4 Å². The Labute approximate surface area is 160 Å². The van der Waals surface area contributed by atoms with Gasteiger partial charge in [0.25, 0.3) is 5.91 Å². The number of aliphatic carboxylic acids is 1. The van der Waals surface area contributed by atoms with Crippen LogP contribution in [-0.2, 0) is 19.6 Å². The summed E-state index contributed by atoms with van der Waals surface area (Å²) in [4.78, 5) is 22.6. The Kier molecular flexibility index (Phi) is 6.49. The molecule has 0 atom stereocenters. The zero-order chi connectivity index (χ0) is 20.7. The number of carbonyl (C=O) groups is 2. The molecule has 0 bridgehead atoms. The standard InChI is InChI=1S/C18H15N3O6S/c19-10-13(9-12-1-5-15(6-2-12)27-11-17(22)23)18(24)21-14-3-7-16(8-4-14)28(20,25)26/h1-9H,11H2,(H,21,24)(H,22,23)(H2,20,25,26)/b13-9-. The number of hydrogen-bond donors (Lipinski definition) is 3. The zero-order valence-corrected chi connectivity index (χ0v) is 15.1. The lowest BCUT2D eigenvalue weighted by Crippen LogP contribution is -2.14. The lowest BCUT2D eigenvalue weighted by molar-refractivity contribution is -0.139. The van der Waals surface area contributed by atoms with Gasteiger partial charge in [-0.1, -0.05) is 12.1 Å². The Morgan fingerprint density at radius 1 is 1.14 bits per heavy atom. The van der Waals surface area contributed by atoms with Gasteiger partial charge in [0.2, 0.25) is 10.0 Å². The second-order valence-electron chi connectivity index (χ2n) is 5.44. The number of primary sulfonamides is 1. The SMILES string of the molecule is N#C/C(=C/c1ccc(OCC(=O)O)cc1)C(=O)Nc1ccc(S(N)(=O)=O)cc1. The summed E-state index contributed by atoms with van der Waals surface area (Å²) in [5, 5.41) is 25.3. The molecule has 144 valence electrons. The third kappa shape index (κ3) is 5.94. The number of carbonyl (C=O) groups excluding carboxylic acids is 1. The predicted molar refractivity (Wildman–Crippen MR) is 99.6 cm³/mol. The monoisotopic (exact) mass is 401 g/mol. The summed E-state index contributed by atoms with van der Waals surface area (Å²) < 4.78 is 27.4. The van der Waals surface area contributed by atoms with Gasteiger partial charge in [-0.05, 0) is 48.0 Å². The van der Waals surface area contributed by atoms with Gasteiger partial charge < -0.3 is 15.2 Å². The fraction of sp³-hybridized carbons (Fsp3) is 0.0556. The van der Waals surface area contributed by atoms with Crippen molar-refractivity contribution in [3.05, 3.63) is 59.7 Å². The molecule has 0 unspecified atom stereocenters. The third-order valence-electron chi connectivity index (χ3n) is 3.36. The smallest absolute Gasteiger partial charge is 0.341 e. The van der Waals surface area contributed by atoms with Crippen LogP contribution in [0.3, 0.4) is 0 Å².